The molecule has 3 rings (SSSR count). The molecule has 1 saturated carbocycles. The lowest BCUT2D eigenvalue weighted by Crippen LogP contribution is -2.15. The number of nitrogens with zero attached hydrogens (tertiary/aromatic N) is 2. The van der Waals surface area contributed by atoms with Crippen LogP contribution in [0.1, 0.15) is 18.7 Å². The fourth-order valence-electron chi connectivity index (χ4n) is 1.62. The summed E-state index contributed by atoms with van der Waals surface area (Å²) >= 11 is 3.34. The van der Waals surface area contributed by atoms with Gasteiger partial charge in [0.1, 0.15) is 5.82 Å². The minimum atomic E-state index is -0.323. The molecule has 94 valence electrons. The second kappa shape index (κ2) is 4.78. The molecule has 1 aromatic carbocycles. The highest BCUT2D eigenvalue weighted by Crippen LogP contribution is 2.27. The van der Waals surface area contributed by atoms with Crippen molar-refractivity contribution >= 4 is 15.9 Å². The van der Waals surface area contributed by atoms with Gasteiger partial charge < -0.3 is 9.84 Å². The first-order chi connectivity index (χ1) is 8.72. The maximum atomic E-state index is 13.2. The van der Waals surface area contributed by atoms with Gasteiger partial charge in [0.25, 0.3) is 0 Å². The zero-order valence-electron chi connectivity index (χ0n) is 9.49. The SMILES string of the molecule is Fc1ccc(Br)c(-c2noc(CNC3CC3)n2)c1. The monoisotopic (exact) mass is 311 g/mol. The fraction of sp³-hybridized carbons (Fsp3) is 0.333. The van der Waals surface area contributed by atoms with Crippen molar-refractivity contribution in [1.82, 2.24) is 15.5 Å². The summed E-state index contributed by atoms with van der Waals surface area (Å²) < 4.78 is 19.0. The van der Waals surface area contributed by atoms with Crippen molar-refractivity contribution in [3.05, 3.63) is 34.4 Å². The molecule has 6 heteroatoms. The van der Waals surface area contributed by atoms with Gasteiger partial charge in [-0.25, -0.2) is 4.39 Å². The molecule has 0 radical (unpaired) electrons. The largest absolute Gasteiger partial charge is 0.338 e. The van der Waals surface area contributed by atoms with Crippen LogP contribution in [0, 0.1) is 5.82 Å². The highest BCUT2D eigenvalue weighted by atomic mass is 79.9. The standard InChI is InChI=1S/C12H11BrFN3O/c13-10-4-1-7(14)5-9(10)12-16-11(18-17-12)6-15-8-2-3-8/h1,4-5,8,15H,2-3,6H2. The van der Waals surface area contributed by atoms with Crippen LogP contribution in [0.4, 0.5) is 4.39 Å². The van der Waals surface area contributed by atoms with E-state index >= 15 is 0 Å². The van der Waals surface area contributed by atoms with Crippen LogP contribution in [0.25, 0.3) is 11.4 Å². The van der Waals surface area contributed by atoms with Gasteiger partial charge in [0.15, 0.2) is 0 Å². The summed E-state index contributed by atoms with van der Waals surface area (Å²) in [6.07, 6.45) is 2.41. The fourth-order valence-corrected chi connectivity index (χ4v) is 2.05. The van der Waals surface area contributed by atoms with Gasteiger partial charge in [-0.1, -0.05) is 21.1 Å². The predicted molar refractivity (Wildman–Crippen MR) is 67.3 cm³/mol. The number of hydrogen-bond donors (Lipinski definition) is 1. The summed E-state index contributed by atoms with van der Waals surface area (Å²) in [5.74, 6) is 0.595. The third-order valence-corrected chi connectivity index (χ3v) is 3.45. The summed E-state index contributed by atoms with van der Waals surface area (Å²) in [5.41, 5.74) is 0.594. The Labute approximate surface area is 112 Å². The number of nitrogens with one attached hydrogen (secondary N) is 1. The van der Waals surface area contributed by atoms with Crippen LogP contribution in [-0.4, -0.2) is 16.2 Å². The van der Waals surface area contributed by atoms with Crippen LogP contribution in [0.2, 0.25) is 0 Å². The lowest BCUT2D eigenvalue weighted by molar-refractivity contribution is 0.367. The molecule has 0 unspecified atom stereocenters. The van der Waals surface area contributed by atoms with Crippen molar-refractivity contribution in [2.45, 2.75) is 25.4 Å². The Bertz CT molecular complexity index is 568. The van der Waals surface area contributed by atoms with E-state index in [1.807, 2.05) is 0 Å². The second-order valence-electron chi connectivity index (χ2n) is 4.29. The van der Waals surface area contributed by atoms with Gasteiger partial charge in [0, 0.05) is 16.1 Å². The third-order valence-electron chi connectivity index (χ3n) is 2.76. The van der Waals surface area contributed by atoms with Crippen LogP contribution in [0.5, 0.6) is 0 Å². The Kier molecular flexibility index (Phi) is 3.13. The Hall–Kier alpha value is -1.27. The molecule has 18 heavy (non-hydrogen) atoms. The minimum Gasteiger partial charge on any atom is -0.338 e. The summed E-state index contributed by atoms with van der Waals surface area (Å²) in [6, 6.07) is 4.97. The molecule has 2 aromatic rings. The van der Waals surface area contributed by atoms with Crippen molar-refractivity contribution in [3.8, 4) is 11.4 Å². The molecular formula is C12H11BrFN3O. The molecule has 4 nitrogen and oxygen atoms in total. The molecule has 1 fully saturated rings. The average Bonchev–Trinajstić information content (AvgIpc) is 3.08. The summed E-state index contributed by atoms with van der Waals surface area (Å²) in [6.45, 7) is 0.560. The third kappa shape index (κ3) is 2.59. The Morgan fingerprint density at radius 2 is 2.28 bits per heavy atom. The maximum Gasteiger partial charge on any atom is 0.240 e. The Morgan fingerprint density at radius 3 is 3.06 bits per heavy atom. The van der Waals surface area contributed by atoms with Crippen LogP contribution in [-0.2, 0) is 6.54 Å². The van der Waals surface area contributed by atoms with Crippen molar-refractivity contribution in [3.63, 3.8) is 0 Å². The molecule has 1 heterocycles. The van der Waals surface area contributed by atoms with E-state index in [-0.39, 0.29) is 5.82 Å². The maximum absolute atomic E-state index is 13.2. The van der Waals surface area contributed by atoms with Crippen molar-refractivity contribution in [1.29, 1.82) is 0 Å². The molecule has 1 aliphatic carbocycles. The van der Waals surface area contributed by atoms with Gasteiger partial charge in [-0.3, -0.25) is 0 Å². The van der Waals surface area contributed by atoms with E-state index < -0.39 is 0 Å². The summed E-state index contributed by atoms with van der Waals surface area (Å²) in [4.78, 5) is 4.25. The van der Waals surface area contributed by atoms with Crippen molar-refractivity contribution in [2.24, 2.45) is 0 Å². The number of benzene rings is 1. The van der Waals surface area contributed by atoms with Crippen LogP contribution in [0.3, 0.4) is 0 Å². The quantitative estimate of drug-likeness (QED) is 0.943. The van der Waals surface area contributed by atoms with Crippen LogP contribution >= 0.6 is 15.9 Å². The normalized spacial score (nSPS) is 15.0. The Balaban J connectivity index is 1.80. The molecule has 0 saturated heterocycles. The molecule has 0 amide bonds. The molecule has 1 N–H and O–H groups in total. The lowest BCUT2D eigenvalue weighted by Gasteiger charge is -1.98. The first-order valence-electron chi connectivity index (χ1n) is 5.74. The number of hydrogen-bond acceptors (Lipinski definition) is 4. The van der Waals surface area contributed by atoms with Crippen LogP contribution in [0.15, 0.2) is 27.2 Å². The van der Waals surface area contributed by atoms with Gasteiger partial charge >= 0.3 is 0 Å². The van der Waals surface area contributed by atoms with Gasteiger partial charge in [-0.15, -0.1) is 0 Å². The highest BCUT2D eigenvalue weighted by Gasteiger charge is 2.21. The average molecular weight is 312 g/mol. The highest BCUT2D eigenvalue weighted by molar-refractivity contribution is 9.10. The van der Waals surface area contributed by atoms with E-state index in [1.165, 1.54) is 25.0 Å². The summed E-state index contributed by atoms with van der Waals surface area (Å²) in [7, 11) is 0. The van der Waals surface area contributed by atoms with Gasteiger partial charge in [0.2, 0.25) is 11.7 Å². The Morgan fingerprint density at radius 1 is 1.44 bits per heavy atom. The van der Waals surface area contributed by atoms with E-state index in [9.17, 15) is 4.39 Å². The van der Waals surface area contributed by atoms with Crippen molar-refractivity contribution in [2.75, 3.05) is 0 Å². The second-order valence-corrected chi connectivity index (χ2v) is 5.15. The topological polar surface area (TPSA) is 51.0 Å². The molecule has 1 aliphatic rings. The minimum absolute atomic E-state index is 0.323. The van der Waals surface area contributed by atoms with E-state index in [2.05, 4.69) is 31.4 Å². The predicted octanol–water partition coefficient (Wildman–Crippen LogP) is 2.89. The lowest BCUT2D eigenvalue weighted by atomic mass is 10.2. The zero-order chi connectivity index (χ0) is 12.5. The molecule has 0 atom stereocenters. The number of halogens is 2. The van der Waals surface area contributed by atoms with Crippen LogP contribution < -0.4 is 5.32 Å². The molecule has 0 bridgehead atoms. The van der Waals surface area contributed by atoms with Gasteiger partial charge in [0.05, 0.1) is 6.54 Å². The molecule has 1 aromatic heterocycles. The molecule has 0 spiro atoms. The van der Waals surface area contributed by atoms with E-state index in [1.54, 1.807) is 6.07 Å². The van der Waals surface area contributed by atoms with Crippen molar-refractivity contribution < 1.29 is 8.91 Å². The first kappa shape index (κ1) is 11.8. The number of aromatic nitrogens is 2. The summed E-state index contributed by atoms with van der Waals surface area (Å²) in [5, 5.41) is 7.15. The van der Waals surface area contributed by atoms with Gasteiger partial charge in [-0.2, -0.15) is 4.98 Å². The molecular weight excluding hydrogens is 301 g/mol. The number of rotatable bonds is 4. The van der Waals surface area contributed by atoms with E-state index in [0.29, 0.717) is 29.9 Å². The zero-order valence-corrected chi connectivity index (χ0v) is 11.1. The van der Waals surface area contributed by atoms with E-state index in [0.717, 1.165) is 4.47 Å². The van der Waals surface area contributed by atoms with E-state index in [4.69, 9.17) is 4.52 Å². The smallest absolute Gasteiger partial charge is 0.240 e. The molecule has 0 aliphatic heterocycles. The van der Waals surface area contributed by atoms with Gasteiger partial charge in [-0.05, 0) is 31.0 Å². The first-order valence-corrected chi connectivity index (χ1v) is 6.53.